The molecule has 1 heterocycles. The second kappa shape index (κ2) is 8.67. The molecule has 0 saturated carbocycles. The number of nitrogens with one attached hydrogen (secondary N) is 1. The molecule has 4 rings (SSSR count). The molecule has 0 bridgehead atoms. The predicted molar refractivity (Wildman–Crippen MR) is 117 cm³/mol. The van der Waals surface area contributed by atoms with Crippen LogP contribution in [0.4, 0.5) is 4.39 Å². The van der Waals surface area contributed by atoms with E-state index in [0.29, 0.717) is 16.9 Å². The van der Waals surface area contributed by atoms with E-state index in [-0.39, 0.29) is 23.9 Å². The van der Waals surface area contributed by atoms with Gasteiger partial charge in [-0.25, -0.2) is 4.39 Å². The normalized spacial score (nSPS) is 12.1. The Labute approximate surface area is 180 Å². The molecular formula is C23H18BrFN2O3. The second-order valence-corrected chi connectivity index (χ2v) is 7.87. The molecule has 3 aromatic carbocycles. The van der Waals surface area contributed by atoms with Gasteiger partial charge in [0.2, 0.25) is 6.54 Å². The Kier molecular flexibility index (Phi) is 5.81. The predicted octanol–water partition coefficient (Wildman–Crippen LogP) is 6.06. The summed E-state index contributed by atoms with van der Waals surface area (Å²) < 4.78 is 20.3. The van der Waals surface area contributed by atoms with Crippen LogP contribution in [0.25, 0.3) is 10.9 Å². The monoisotopic (exact) mass is 468 g/mol. The molecule has 0 aliphatic heterocycles. The summed E-state index contributed by atoms with van der Waals surface area (Å²) in [7, 11) is 0. The number of rotatable bonds is 7. The molecular weight excluding hydrogens is 451 g/mol. The first-order valence-corrected chi connectivity index (χ1v) is 10.1. The zero-order valence-electron chi connectivity index (χ0n) is 15.8. The quantitative estimate of drug-likeness (QED) is 0.264. The Hall–Kier alpha value is -3.19. The van der Waals surface area contributed by atoms with Crippen molar-refractivity contribution in [3.63, 3.8) is 0 Å². The van der Waals surface area contributed by atoms with Crippen molar-refractivity contribution < 1.29 is 14.1 Å². The van der Waals surface area contributed by atoms with Gasteiger partial charge in [-0.3, -0.25) is 10.1 Å². The summed E-state index contributed by atoms with van der Waals surface area (Å²) in [4.78, 5) is 14.4. The van der Waals surface area contributed by atoms with Gasteiger partial charge in [-0.15, -0.1) is 0 Å². The minimum atomic E-state index is -0.517. The van der Waals surface area contributed by atoms with Crippen LogP contribution in [-0.4, -0.2) is 16.5 Å². The van der Waals surface area contributed by atoms with E-state index in [2.05, 4.69) is 20.9 Å². The maximum absolute atomic E-state index is 13.5. The number of aromatic amines is 1. The molecule has 1 atom stereocenters. The number of para-hydroxylation sites is 1. The molecule has 0 spiro atoms. The van der Waals surface area contributed by atoms with Crippen LogP contribution in [0.1, 0.15) is 22.6 Å². The van der Waals surface area contributed by atoms with Crippen LogP contribution < -0.4 is 4.74 Å². The van der Waals surface area contributed by atoms with E-state index in [0.717, 1.165) is 20.9 Å². The number of nitro groups is 1. The number of benzene rings is 3. The van der Waals surface area contributed by atoms with Crippen LogP contribution >= 0.6 is 15.9 Å². The molecule has 5 nitrogen and oxygen atoms in total. The van der Waals surface area contributed by atoms with E-state index < -0.39 is 5.92 Å². The third-order valence-electron chi connectivity index (χ3n) is 4.96. The number of hydrogen-bond donors (Lipinski definition) is 1. The van der Waals surface area contributed by atoms with Crippen LogP contribution in [0.3, 0.4) is 0 Å². The fraction of sp³-hybridized carbons (Fsp3) is 0.130. The number of hydrogen-bond acceptors (Lipinski definition) is 3. The number of aromatic nitrogens is 1. The maximum atomic E-state index is 13.5. The van der Waals surface area contributed by atoms with Crippen molar-refractivity contribution in [3.05, 3.63) is 110 Å². The third-order valence-corrected chi connectivity index (χ3v) is 5.45. The topological polar surface area (TPSA) is 68.2 Å². The second-order valence-electron chi connectivity index (χ2n) is 6.96. The van der Waals surface area contributed by atoms with Gasteiger partial charge in [-0.2, -0.15) is 0 Å². The highest BCUT2D eigenvalue weighted by Gasteiger charge is 2.26. The van der Waals surface area contributed by atoms with E-state index in [1.807, 2.05) is 42.6 Å². The minimum Gasteiger partial charge on any atom is -0.489 e. The highest BCUT2D eigenvalue weighted by Crippen LogP contribution is 2.37. The third kappa shape index (κ3) is 4.36. The van der Waals surface area contributed by atoms with E-state index in [4.69, 9.17) is 4.74 Å². The van der Waals surface area contributed by atoms with Crippen molar-refractivity contribution in [1.29, 1.82) is 0 Å². The summed E-state index contributed by atoms with van der Waals surface area (Å²) in [5.41, 5.74) is 3.12. The summed E-state index contributed by atoms with van der Waals surface area (Å²) in [5.74, 6) is -0.326. The molecule has 0 aliphatic rings. The van der Waals surface area contributed by atoms with Crippen molar-refractivity contribution in [2.75, 3.05) is 6.54 Å². The Balaban J connectivity index is 1.75. The highest BCUT2D eigenvalue weighted by molar-refractivity contribution is 9.10. The largest absolute Gasteiger partial charge is 0.489 e. The molecule has 7 heteroatoms. The van der Waals surface area contributed by atoms with Crippen LogP contribution in [0, 0.1) is 15.9 Å². The lowest BCUT2D eigenvalue weighted by molar-refractivity contribution is -0.481. The van der Waals surface area contributed by atoms with Crippen LogP contribution in [-0.2, 0) is 6.61 Å². The van der Waals surface area contributed by atoms with Crippen LogP contribution in [0.15, 0.2) is 77.4 Å². The van der Waals surface area contributed by atoms with Gasteiger partial charge in [-0.05, 0) is 47.5 Å². The summed E-state index contributed by atoms with van der Waals surface area (Å²) >= 11 is 3.47. The Morgan fingerprint density at radius 2 is 1.90 bits per heavy atom. The van der Waals surface area contributed by atoms with Gasteiger partial charge in [0.25, 0.3) is 0 Å². The molecule has 0 saturated heterocycles. The average Bonchev–Trinajstić information content (AvgIpc) is 3.15. The van der Waals surface area contributed by atoms with E-state index in [1.54, 1.807) is 18.2 Å². The highest BCUT2D eigenvalue weighted by atomic mass is 79.9. The van der Waals surface area contributed by atoms with E-state index in [1.165, 1.54) is 12.1 Å². The molecule has 0 radical (unpaired) electrons. The lowest BCUT2D eigenvalue weighted by Crippen LogP contribution is -2.15. The van der Waals surface area contributed by atoms with Gasteiger partial charge in [0.1, 0.15) is 18.2 Å². The summed E-state index contributed by atoms with van der Waals surface area (Å²) in [5, 5.41) is 12.5. The average molecular weight is 469 g/mol. The molecule has 1 N–H and O–H groups in total. The Bertz CT molecular complexity index is 1210. The maximum Gasteiger partial charge on any atom is 0.214 e. The van der Waals surface area contributed by atoms with Crippen molar-refractivity contribution in [2.24, 2.45) is 0 Å². The van der Waals surface area contributed by atoms with Gasteiger partial charge in [0, 0.05) is 32.1 Å². The summed E-state index contributed by atoms with van der Waals surface area (Å²) in [6.45, 7) is -0.125. The van der Waals surface area contributed by atoms with Gasteiger partial charge >= 0.3 is 0 Å². The minimum absolute atomic E-state index is 0.158. The first kappa shape index (κ1) is 20.1. The molecule has 0 unspecified atom stereocenters. The van der Waals surface area contributed by atoms with Gasteiger partial charge in [0.15, 0.2) is 0 Å². The van der Waals surface area contributed by atoms with Gasteiger partial charge < -0.3 is 9.72 Å². The Morgan fingerprint density at radius 3 is 2.70 bits per heavy atom. The Morgan fingerprint density at radius 1 is 1.07 bits per heavy atom. The standard InChI is InChI=1S/C23H18BrFN2O3/c24-16-8-9-23(30-14-15-4-3-5-17(25)10-15)19(11-16)21(13-27(28)29)20-12-26-22-7-2-1-6-18(20)22/h1-12,21,26H,13-14H2/t21-/m1/s1. The first-order chi connectivity index (χ1) is 14.5. The van der Waals surface area contributed by atoms with Crippen LogP contribution in [0.5, 0.6) is 5.75 Å². The lowest BCUT2D eigenvalue weighted by atomic mass is 9.90. The number of fused-ring (bicyclic) bond motifs is 1. The molecule has 152 valence electrons. The van der Waals surface area contributed by atoms with Crippen molar-refractivity contribution in [2.45, 2.75) is 12.5 Å². The van der Waals surface area contributed by atoms with E-state index in [9.17, 15) is 14.5 Å². The number of ether oxygens (including phenoxy) is 1. The van der Waals surface area contributed by atoms with Crippen molar-refractivity contribution in [1.82, 2.24) is 4.98 Å². The number of nitrogens with zero attached hydrogens (tertiary/aromatic N) is 1. The molecule has 4 aromatic rings. The lowest BCUT2D eigenvalue weighted by Gasteiger charge is -2.18. The fourth-order valence-corrected chi connectivity index (χ4v) is 3.99. The first-order valence-electron chi connectivity index (χ1n) is 9.36. The molecule has 1 aromatic heterocycles. The van der Waals surface area contributed by atoms with Crippen molar-refractivity contribution in [3.8, 4) is 5.75 Å². The van der Waals surface area contributed by atoms with Crippen molar-refractivity contribution >= 4 is 26.8 Å². The zero-order chi connectivity index (χ0) is 21.1. The van der Waals surface area contributed by atoms with E-state index >= 15 is 0 Å². The SMILES string of the molecule is O=[N+]([O-])C[C@H](c1cc(Br)ccc1OCc1cccc(F)c1)c1c[nH]c2ccccc12. The fourth-order valence-electron chi connectivity index (χ4n) is 3.61. The number of halogens is 2. The summed E-state index contributed by atoms with van der Waals surface area (Å²) in [6, 6.07) is 19.3. The van der Waals surface area contributed by atoms with Gasteiger partial charge in [-0.1, -0.05) is 46.3 Å². The summed E-state index contributed by atoms with van der Waals surface area (Å²) in [6.07, 6.45) is 1.82. The smallest absolute Gasteiger partial charge is 0.214 e. The molecule has 0 aliphatic carbocycles. The number of H-pyrrole nitrogens is 1. The zero-order valence-corrected chi connectivity index (χ0v) is 17.4. The van der Waals surface area contributed by atoms with Crippen LogP contribution in [0.2, 0.25) is 0 Å². The molecule has 0 amide bonds. The van der Waals surface area contributed by atoms with Gasteiger partial charge in [0.05, 0.1) is 5.92 Å². The molecule has 30 heavy (non-hydrogen) atoms. The molecule has 0 fully saturated rings.